The Morgan fingerprint density at radius 2 is 2.11 bits per heavy atom. The lowest BCUT2D eigenvalue weighted by molar-refractivity contribution is 0.366. The summed E-state index contributed by atoms with van der Waals surface area (Å²) in [5.41, 5.74) is 2.06. The number of halogens is 1. The summed E-state index contributed by atoms with van der Waals surface area (Å²) in [5, 5.41) is 12.7. The van der Waals surface area contributed by atoms with Gasteiger partial charge in [0, 0.05) is 10.5 Å². The second kappa shape index (κ2) is 4.93. The standard InChI is InChI=1S/C15H19BrN2/c1-10-7-15(2,3)8-14(10)18-13-6-12(16)5-4-11(13)9-17/h4-6,10,14,18H,7-8H2,1-3H3. The Bertz CT molecular complexity index is 488. The summed E-state index contributed by atoms with van der Waals surface area (Å²) in [6, 6.07) is 8.47. The Morgan fingerprint density at radius 3 is 2.67 bits per heavy atom. The van der Waals surface area contributed by atoms with Gasteiger partial charge in [-0.15, -0.1) is 0 Å². The van der Waals surface area contributed by atoms with Gasteiger partial charge in [-0.05, 0) is 42.4 Å². The normalized spacial score (nSPS) is 25.7. The van der Waals surface area contributed by atoms with E-state index in [4.69, 9.17) is 5.26 Å². The summed E-state index contributed by atoms with van der Waals surface area (Å²) in [6.07, 6.45) is 2.39. The lowest BCUT2D eigenvalue weighted by Gasteiger charge is -2.20. The number of nitrogens with one attached hydrogen (secondary N) is 1. The molecule has 0 aliphatic heterocycles. The number of anilines is 1. The van der Waals surface area contributed by atoms with E-state index >= 15 is 0 Å². The maximum absolute atomic E-state index is 9.15. The molecule has 0 bridgehead atoms. The molecule has 0 spiro atoms. The second-order valence-electron chi connectivity index (χ2n) is 6.10. The summed E-state index contributed by atoms with van der Waals surface area (Å²) in [6.45, 7) is 6.92. The molecule has 1 aromatic rings. The second-order valence-corrected chi connectivity index (χ2v) is 7.02. The minimum atomic E-state index is 0.399. The smallest absolute Gasteiger partial charge is 0.101 e. The number of nitriles is 1. The van der Waals surface area contributed by atoms with E-state index in [1.54, 1.807) is 0 Å². The molecule has 2 nitrogen and oxygen atoms in total. The van der Waals surface area contributed by atoms with Crippen LogP contribution in [0.3, 0.4) is 0 Å². The molecule has 0 aromatic heterocycles. The van der Waals surface area contributed by atoms with Crippen molar-refractivity contribution in [1.82, 2.24) is 0 Å². The summed E-state index contributed by atoms with van der Waals surface area (Å²) >= 11 is 3.46. The van der Waals surface area contributed by atoms with Gasteiger partial charge in [-0.1, -0.05) is 36.7 Å². The van der Waals surface area contributed by atoms with Crippen molar-refractivity contribution in [1.29, 1.82) is 5.26 Å². The van der Waals surface area contributed by atoms with Crippen LogP contribution in [-0.4, -0.2) is 6.04 Å². The fourth-order valence-corrected chi connectivity index (χ4v) is 3.38. The van der Waals surface area contributed by atoms with Gasteiger partial charge in [0.2, 0.25) is 0 Å². The first-order valence-corrected chi connectivity index (χ1v) is 7.17. The van der Waals surface area contributed by atoms with Crippen molar-refractivity contribution in [2.75, 3.05) is 5.32 Å². The van der Waals surface area contributed by atoms with Gasteiger partial charge in [0.15, 0.2) is 0 Å². The van der Waals surface area contributed by atoms with Gasteiger partial charge in [-0.3, -0.25) is 0 Å². The largest absolute Gasteiger partial charge is 0.381 e. The van der Waals surface area contributed by atoms with E-state index < -0.39 is 0 Å². The third-order valence-electron chi connectivity index (χ3n) is 3.78. The third-order valence-corrected chi connectivity index (χ3v) is 4.27. The highest BCUT2D eigenvalue weighted by molar-refractivity contribution is 9.10. The van der Waals surface area contributed by atoms with Gasteiger partial charge in [0.1, 0.15) is 6.07 Å². The van der Waals surface area contributed by atoms with E-state index in [1.807, 2.05) is 18.2 Å². The van der Waals surface area contributed by atoms with Crippen molar-refractivity contribution in [2.45, 2.75) is 39.7 Å². The fraction of sp³-hybridized carbons (Fsp3) is 0.533. The van der Waals surface area contributed by atoms with E-state index in [0.717, 1.165) is 22.1 Å². The monoisotopic (exact) mass is 306 g/mol. The molecule has 0 amide bonds. The van der Waals surface area contributed by atoms with E-state index in [1.165, 1.54) is 6.42 Å². The molecular formula is C15H19BrN2. The molecule has 0 radical (unpaired) electrons. The van der Waals surface area contributed by atoms with Gasteiger partial charge in [-0.2, -0.15) is 5.26 Å². The van der Waals surface area contributed by atoms with Crippen molar-refractivity contribution in [3.8, 4) is 6.07 Å². The van der Waals surface area contributed by atoms with Gasteiger partial charge in [0.05, 0.1) is 11.3 Å². The van der Waals surface area contributed by atoms with Crippen LogP contribution in [-0.2, 0) is 0 Å². The van der Waals surface area contributed by atoms with E-state index in [-0.39, 0.29) is 0 Å². The molecule has 2 unspecified atom stereocenters. The molecule has 1 aromatic carbocycles. The topological polar surface area (TPSA) is 35.8 Å². The summed E-state index contributed by atoms with van der Waals surface area (Å²) < 4.78 is 1.01. The summed E-state index contributed by atoms with van der Waals surface area (Å²) in [7, 11) is 0. The third kappa shape index (κ3) is 2.87. The molecule has 96 valence electrons. The first-order chi connectivity index (χ1) is 8.41. The lowest BCUT2D eigenvalue weighted by Crippen LogP contribution is -2.23. The van der Waals surface area contributed by atoms with Crippen molar-refractivity contribution in [2.24, 2.45) is 11.3 Å². The lowest BCUT2D eigenvalue weighted by atomic mass is 9.91. The molecule has 1 N–H and O–H groups in total. The zero-order valence-corrected chi connectivity index (χ0v) is 12.7. The van der Waals surface area contributed by atoms with Crippen LogP contribution < -0.4 is 5.32 Å². The Balaban J connectivity index is 2.20. The Kier molecular flexibility index (Phi) is 3.68. The first kappa shape index (κ1) is 13.4. The molecule has 0 heterocycles. The van der Waals surface area contributed by atoms with Crippen LogP contribution in [0, 0.1) is 22.7 Å². The average molecular weight is 307 g/mol. The fourth-order valence-electron chi connectivity index (χ4n) is 3.02. The van der Waals surface area contributed by atoms with Gasteiger partial charge in [-0.25, -0.2) is 0 Å². The van der Waals surface area contributed by atoms with Crippen LogP contribution in [0.25, 0.3) is 0 Å². The number of hydrogen-bond acceptors (Lipinski definition) is 2. The molecule has 1 fully saturated rings. The molecule has 3 heteroatoms. The molecule has 1 saturated carbocycles. The zero-order valence-electron chi connectivity index (χ0n) is 11.1. The molecule has 18 heavy (non-hydrogen) atoms. The molecule has 1 aliphatic carbocycles. The van der Waals surface area contributed by atoms with Gasteiger partial charge < -0.3 is 5.32 Å². The highest BCUT2D eigenvalue weighted by atomic mass is 79.9. The number of rotatable bonds is 2. The van der Waals surface area contributed by atoms with Crippen LogP contribution in [0.1, 0.15) is 39.2 Å². The molecular weight excluding hydrogens is 288 g/mol. The van der Waals surface area contributed by atoms with E-state index in [0.29, 0.717) is 17.4 Å². The van der Waals surface area contributed by atoms with Gasteiger partial charge >= 0.3 is 0 Å². The summed E-state index contributed by atoms with van der Waals surface area (Å²) in [5.74, 6) is 0.644. The van der Waals surface area contributed by atoms with Crippen molar-refractivity contribution < 1.29 is 0 Å². The van der Waals surface area contributed by atoms with E-state index in [9.17, 15) is 0 Å². The highest BCUT2D eigenvalue weighted by Crippen LogP contribution is 2.42. The van der Waals surface area contributed by atoms with Crippen LogP contribution in [0.2, 0.25) is 0 Å². The highest BCUT2D eigenvalue weighted by Gasteiger charge is 2.36. The number of nitrogens with zero attached hydrogens (tertiary/aromatic N) is 1. The average Bonchev–Trinajstić information content (AvgIpc) is 2.52. The molecule has 1 aliphatic rings. The van der Waals surface area contributed by atoms with Crippen LogP contribution in [0.15, 0.2) is 22.7 Å². The molecule has 0 saturated heterocycles. The predicted molar refractivity (Wildman–Crippen MR) is 78.4 cm³/mol. The van der Waals surface area contributed by atoms with Crippen LogP contribution in [0.4, 0.5) is 5.69 Å². The predicted octanol–water partition coefficient (Wildman–Crippen LogP) is 4.56. The quantitative estimate of drug-likeness (QED) is 0.869. The van der Waals surface area contributed by atoms with Crippen LogP contribution in [0.5, 0.6) is 0 Å². The van der Waals surface area contributed by atoms with Crippen molar-refractivity contribution >= 4 is 21.6 Å². The Labute approximate surface area is 118 Å². The maximum atomic E-state index is 9.15. The maximum Gasteiger partial charge on any atom is 0.101 e. The number of hydrogen-bond donors (Lipinski definition) is 1. The van der Waals surface area contributed by atoms with Crippen LogP contribution >= 0.6 is 15.9 Å². The van der Waals surface area contributed by atoms with Crippen molar-refractivity contribution in [3.63, 3.8) is 0 Å². The first-order valence-electron chi connectivity index (χ1n) is 6.37. The van der Waals surface area contributed by atoms with E-state index in [2.05, 4.69) is 48.1 Å². The minimum Gasteiger partial charge on any atom is -0.381 e. The van der Waals surface area contributed by atoms with Crippen molar-refractivity contribution in [3.05, 3.63) is 28.2 Å². The Hall–Kier alpha value is -1.01. The van der Waals surface area contributed by atoms with Gasteiger partial charge in [0.25, 0.3) is 0 Å². The Morgan fingerprint density at radius 1 is 1.39 bits per heavy atom. The molecule has 2 rings (SSSR count). The SMILES string of the molecule is CC1CC(C)(C)CC1Nc1cc(Br)ccc1C#N. The summed E-state index contributed by atoms with van der Waals surface area (Å²) in [4.78, 5) is 0. The molecule has 2 atom stereocenters. The number of benzene rings is 1. The zero-order chi connectivity index (χ0) is 13.3. The minimum absolute atomic E-state index is 0.399.